The number of rotatable bonds is 5. The van der Waals surface area contributed by atoms with Crippen molar-refractivity contribution in [2.45, 2.75) is 25.4 Å². The minimum atomic E-state index is -0.366. The molecule has 1 unspecified atom stereocenters. The topological polar surface area (TPSA) is 58.9 Å². The summed E-state index contributed by atoms with van der Waals surface area (Å²) in [6, 6.07) is 0. The van der Waals surface area contributed by atoms with Gasteiger partial charge in [0.2, 0.25) is 5.91 Å². The van der Waals surface area contributed by atoms with Crippen LogP contribution in [0.2, 0.25) is 0 Å². The molecule has 2 N–H and O–H groups in total. The molecule has 4 nitrogen and oxygen atoms in total. The van der Waals surface area contributed by atoms with Crippen LogP contribution in [0.1, 0.15) is 19.3 Å². The lowest BCUT2D eigenvalue weighted by Gasteiger charge is -2.13. The summed E-state index contributed by atoms with van der Waals surface area (Å²) < 4.78 is 4.73. The predicted molar refractivity (Wildman–Crippen MR) is 69.1 cm³/mol. The second kappa shape index (κ2) is 7.69. The SMILES string of the molecule is C=C(CCN1CCCC1)C(N)=O.ClCC1CO1. The van der Waals surface area contributed by atoms with E-state index in [1.165, 1.54) is 12.8 Å². The number of primary amides is 1. The van der Waals surface area contributed by atoms with Gasteiger partial charge in [0.05, 0.1) is 18.6 Å². The van der Waals surface area contributed by atoms with E-state index in [2.05, 4.69) is 11.5 Å². The summed E-state index contributed by atoms with van der Waals surface area (Å²) in [5, 5.41) is 0. The van der Waals surface area contributed by atoms with Crippen molar-refractivity contribution in [3.05, 3.63) is 12.2 Å². The minimum absolute atomic E-state index is 0.366. The molecule has 98 valence electrons. The molecule has 0 aliphatic carbocycles. The van der Waals surface area contributed by atoms with Crippen LogP contribution in [0.25, 0.3) is 0 Å². The third-order valence-electron chi connectivity index (χ3n) is 2.85. The van der Waals surface area contributed by atoms with Crippen LogP contribution in [-0.2, 0) is 9.53 Å². The van der Waals surface area contributed by atoms with Crippen molar-refractivity contribution in [1.82, 2.24) is 4.90 Å². The Labute approximate surface area is 108 Å². The van der Waals surface area contributed by atoms with Crippen LogP contribution in [0, 0.1) is 0 Å². The van der Waals surface area contributed by atoms with Gasteiger partial charge < -0.3 is 15.4 Å². The first-order chi connectivity index (χ1) is 8.13. The van der Waals surface area contributed by atoms with E-state index < -0.39 is 0 Å². The molecule has 2 aliphatic rings. The molecule has 2 saturated heterocycles. The van der Waals surface area contributed by atoms with Crippen LogP contribution in [0.5, 0.6) is 0 Å². The van der Waals surface area contributed by atoms with E-state index in [1.807, 2.05) is 0 Å². The number of hydrogen-bond acceptors (Lipinski definition) is 3. The van der Waals surface area contributed by atoms with E-state index in [-0.39, 0.29) is 5.91 Å². The Morgan fingerprint density at radius 2 is 2.06 bits per heavy atom. The standard InChI is InChI=1S/C9H16N2O.C3H5ClO/c1-8(9(10)12)4-7-11-5-2-3-6-11;4-1-3-2-5-3/h1-7H2,(H2,10,12);3H,1-2H2. The lowest BCUT2D eigenvalue weighted by atomic mass is 10.2. The van der Waals surface area contributed by atoms with Gasteiger partial charge in [-0.15, -0.1) is 11.6 Å². The van der Waals surface area contributed by atoms with Gasteiger partial charge in [-0.05, 0) is 32.4 Å². The van der Waals surface area contributed by atoms with Crippen LogP contribution < -0.4 is 5.73 Å². The molecule has 0 saturated carbocycles. The molecular formula is C12H21ClN2O2. The van der Waals surface area contributed by atoms with Crippen molar-refractivity contribution in [3.63, 3.8) is 0 Å². The number of carbonyl (C=O) groups is 1. The van der Waals surface area contributed by atoms with E-state index in [1.54, 1.807) is 0 Å². The molecule has 17 heavy (non-hydrogen) atoms. The summed E-state index contributed by atoms with van der Waals surface area (Å²) in [7, 11) is 0. The van der Waals surface area contributed by atoms with E-state index in [0.717, 1.165) is 32.7 Å². The summed E-state index contributed by atoms with van der Waals surface area (Å²) in [5.74, 6) is 0.300. The number of nitrogens with two attached hydrogens (primary N) is 1. The number of ether oxygens (including phenoxy) is 1. The third-order valence-corrected chi connectivity index (χ3v) is 3.20. The first-order valence-electron chi connectivity index (χ1n) is 6.01. The summed E-state index contributed by atoms with van der Waals surface area (Å²) >= 11 is 5.27. The normalized spacial score (nSPS) is 22.8. The van der Waals surface area contributed by atoms with E-state index in [4.69, 9.17) is 22.1 Å². The molecular weight excluding hydrogens is 240 g/mol. The monoisotopic (exact) mass is 260 g/mol. The molecule has 0 aromatic rings. The van der Waals surface area contributed by atoms with Gasteiger partial charge in [0.25, 0.3) is 0 Å². The zero-order chi connectivity index (χ0) is 12.7. The number of epoxide rings is 1. The van der Waals surface area contributed by atoms with Crippen molar-refractivity contribution < 1.29 is 9.53 Å². The average Bonchev–Trinajstić information content (AvgIpc) is 3.03. The number of halogens is 1. The summed E-state index contributed by atoms with van der Waals surface area (Å²) in [6.45, 7) is 7.74. The molecule has 5 heteroatoms. The maximum Gasteiger partial charge on any atom is 0.244 e. The Hall–Kier alpha value is -0.580. The number of carbonyl (C=O) groups excluding carboxylic acids is 1. The second-order valence-corrected chi connectivity index (χ2v) is 4.68. The summed E-state index contributed by atoms with van der Waals surface area (Å²) in [6.07, 6.45) is 3.68. The number of hydrogen-bond donors (Lipinski definition) is 1. The smallest absolute Gasteiger partial charge is 0.244 e. The van der Waals surface area contributed by atoms with Crippen LogP contribution in [0.15, 0.2) is 12.2 Å². The molecule has 2 fully saturated rings. The molecule has 2 rings (SSSR count). The molecule has 2 heterocycles. The fourth-order valence-corrected chi connectivity index (χ4v) is 1.76. The number of nitrogens with zero attached hydrogens (tertiary/aromatic N) is 1. The number of alkyl halides is 1. The van der Waals surface area contributed by atoms with Crippen LogP contribution in [0.3, 0.4) is 0 Å². The molecule has 0 bridgehead atoms. The maximum atomic E-state index is 10.6. The van der Waals surface area contributed by atoms with Crippen molar-refractivity contribution in [2.75, 3.05) is 32.1 Å². The third kappa shape index (κ3) is 6.66. The van der Waals surface area contributed by atoms with Gasteiger partial charge in [-0.1, -0.05) is 6.58 Å². The van der Waals surface area contributed by atoms with Crippen molar-refractivity contribution in [3.8, 4) is 0 Å². The first-order valence-corrected chi connectivity index (χ1v) is 6.54. The lowest BCUT2D eigenvalue weighted by molar-refractivity contribution is -0.114. The molecule has 2 aliphatic heterocycles. The van der Waals surface area contributed by atoms with Crippen LogP contribution >= 0.6 is 11.6 Å². The molecule has 0 radical (unpaired) electrons. The highest BCUT2D eigenvalue weighted by Gasteiger charge is 2.19. The molecule has 1 amide bonds. The van der Waals surface area contributed by atoms with Crippen LogP contribution in [-0.4, -0.2) is 49.0 Å². The quantitative estimate of drug-likeness (QED) is 0.458. The Kier molecular flexibility index (Phi) is 6.55. The Morgan fingerprint density at radius 3 is 2.41 bits per heavy atom. The number of likely N-dealkylation sites (tertiary alicyclic amines) is 1. The highest BCUT2D eigenvalue weighted by Crippen LogP contribution is 2.09. The largest absolute Gasteiger partial charge is 0.372 e. The van der Waals surface area contributed by atoms with E-state index >= 15 is 0 Å². The van der Waals surface area contributed by atoms with Gasteiger partial charge in [-0.3, -0.25) is 4.79 Å². The second-order valence-electron chi connectivity index (χ2n) is 4.38. The molecule has 0 aromatic heterocycles. The summed E-state index contributed by atoms with van der Waals surface area (Å²) in [5.41, 5.74) is 5.61. The van der Waals surface area contributed by atoms with Gasteiger partial charge in [0, 0.05) is 12.1 Å². The van der Waals surface area contributed by atoms with Gasteiger partial charge in [0.1, 0.15) is 0 Å². The fraction of sp³-hybridized carbons (Fsp3) is 0.750. The van der Waals surface area contributed by atoms with Gasteiger partial charge in [-0.25, -0.2) is 0 Å². The zero-order valence-electron chi connectivity index (χ0n) is 10.2. The minimum Gasteiger partial charge on any atom is -0.372 e. The Bertz CT molecular complexity index is 261. The molecule has 1 atom stereocenters. The fourth-order valence-electron chi connectivity index (χ4n) is 1.58. The predicted octanol–water partition coefficient (Wildman–Crippen LogP) is 1.14. The summed E-state index contributed by atoms with van der Waals surface area (Å²) in [4.78, 5) is 12.9. The van der Waals surface area contributed by atoms with Crippen molar-refractivity contribution in [1.29, 1.82) is 0 Å². The van der Waals surface area contributed by atoms with Crippen LogP contribution in [0.4, 0.5) is 0 Å². The highest BCUT2D eigenvalue weighted by molar-refractivity contribution is 6.18. The van der Waals surface area contributed by atoms with E-state index in [0.29, 0.717) is 17.6 Å². The van der Waals surface area contributed by atoms with Gasteiger partial charge >= 0.3 is 0 Å². The van der Waals surface area contributed by atoms with Crippen molar-refractivity contribution in [2.24, 2.45) is 5.73 Å². The molecule has 0 spiro atoms. The first kappa shape index (κ1) is 14.5. The van der Waals surface area contributed by atoms with E-state index in [9.17, 15) is 4.79 Å². The molecule has 0 aromatic carbocycles. The van der Waals surface area contributed by atoms with Gasteiger partial charge in [0.15, 0.2) is 0 Å². The average molecular weight is 261 g/mol. The Balaban J connectivity index is 0.000000239. The van der Waals surface area contributed by atoms with Gasteiger partial charge in [-0.2, -0.15) is 0 Å². The van der Waals surface area contributed by atoms with Crippen molar-refractivity contribution >= 4 is 17.5 Å². The maximum absolute atomic E-state index is 10.6. The zero-order valence-corrected chi connectivity index (χ0v) is 10.9. The lowest BCUT2D eigenvalue weighted by Crippen LogP contribution is -2.23. The highest BCUT2D eigenvalue weighted by atomic mass is 35.5. The Morgan fingerprint density at radius 1 is 1.47 bits per heavy atom. The number of amides is 1.